The normalized spacial score (nSPS) is 32.5. The predicted molar refractivity (Wildman–Crippen MR) is 227 cm³/mol. The summed E-state index contributed by atoms with van der Waals surface area (Å²) in [5.74, 6) is 2.98. The molecule has 0 bridgehead atoms. The third-order valence-electron chi connectivity index (χ3n) is 15.7. The average molecular weight is 783 g/mol. The third kappa shape index (κ3) is 11.0. The molecule has 1 aromatic carbocycles. The van der Waals surface area contributed by atoms with Crippen molar-refractivity contribution in [3.63, 3.8) is 0 Å². The van der Waals surface area contributed by atoms with Crippen LogP contribution in [-0.2, 0) is 25.4 Å². The van der Waals surface area contributed by atoms with Gasteiger partial charge in [0.1, 0.15) is 5.75 Å². The Bertz CT molecular complexity index is 1260. The maximum absolute atomic E-state index is 12.6. The fourth-order valence-electron chi connectivity index (χ4n) is 11.3. The molecule has 6 rings (SSSR count). The number of unbranched alkanes of at least 4 members (excludes halogenated alkanes) is 8. The van der Waals surface area contributed by atoms with Crippen LogP contribution in [0.15, 0.2) is 18.2 Å². The Kier molecular flexibility index (Phi) is 15.7. The largest absolute Gasteiger partial charge is 0.543 e. The summed E-state index contributed by atoms with van der Waals surface area (Å²) in [5, 5.41) is 12.8. The molecule has 3 aliphatic carbocycles. The van der Waals surface area contributed by atoms with Gasteiger partial charge in [0.05, 0.1) is 6.10 Å². The molecular weight excluding hydrogens is 701 g/mol. The van der Waals surface area contributed by atoms with E-state index in [9.17, 15) is 5.11 Å². The lowest BCUT2D eigenvalue weighted by Crippen LogP contribution is -2.46. The zero-order valence-corrected chi connectivity index (χ0v) is 37.3. The first-order chi connectivity index (χ1) is 26.4. The molecule has 0 amide bonds. The zero-order valence-electron chi connectivity index (χ0n) is 36.3. The lowest BCUT2D eigenvalue weighted by molar-refractivity contribution is -0.163. The third-order valence-corrected chi connectivity index (χ3v) is 20.0. The summed E-state index contributed by atoms with van der Waals surface area (Å²) in [6.07, 6.45) is 27.4. The van der Waals surface area contributed by atoms with Crippen LogP contribution in [0.1, 0.15) is 186 Å². The standard InChI is InChI=1S/C48H82O6Si/c1-46(2,3)55(5,6)54-38-24-26-39-37(35-38)23-25-41-40(39)27-30-47(4)42(41)36-48(45(47)49,28-15-9-7-11-17-31-50-43-21-13-19-33-52-43)29-16-10-8-12-18-32-51-44-22-14-20-34-53-44/h24,26,35,40-45,49H,7-23,25,27-34,36H2,1-6H3/t40-,41-,42+,43?,44?,45-,47+,48?/m1/s1. The van der Waals surface area contributed by atoms with E-state index in [4.69, 9.17) is 23.4 Å². The second kappa shape index (κ2) is 19.9. The summed E-state index contributed by atoms with van der Waals surface area (Å²) in [6.45, 7) is 17.5. The average Bonchev–Trinajstić information content (AvgIpc) is 3.39. The molecule has 2 heterocycles. The Hall–Kier alpha value is -0.963. The van der Waals surface area contributed by atoms with Crippen LogP contribution in [0, 0.1) is 22.7 Å². The van der Waals surface area contributed by atoms with Gasteiger partial charge in [-0.3, -0.25) is 0 Å². The summed E-state index contributed by atoms with van der Waals surface area (Å²) >= 11 is 0. The Morgan fingerprint density at radius 2 is 1.35 bits per heavy atom. The second-order valence-electron chi connectivity index (χ2n) is 20.5. The van der Waals surface area contributed by atoms with Crippen LogP contribution in [0.3, 0.4) is 0 Å². The van der Waals surface area contributed by atoms with E-state index >= 15 is 0 Å². The minimum atomic E-state index is -1.88. The van der Waals surface area contributed by atoms with Crippen LogP contribution in [0.5, 0.6) is 5.75 Å². The maximum atomic E-state index is 12.6. The molecule has 1 aromatic rings. The minimum absolute atomic E-state index is 0.0289. The first-order valence-electron chi connectivity index (χ1n) is 23.4. The maximum Gasteiger partial charge on any atom is 0.250 e. The van der Waals surface area contributed by atoms with Crippen LogP contribution in [0.4, 0.5) is 0 Å². The molecule has 4 fully saturated rings. The molecule has 0 spiro atoms. The molecule has 6 nitrogen and oxygen atoms in total. The summed E-state index contributed by atoms with van der Waals surface area (Å²) in [6, 6.07) is 7.13. The van der Waals surface area contributed by atoms with Crippen LogP contribution >= 0.6 is 0 Å². The van der Waals surface area contributed by atoms with Crippen molar-refractivity contribution < 1.29 is 28.5 Å². The van der Waals surface area contributed by atoms with Crippen molar-refractivity contribution >= 4 is 8.32 Å². The highest BCUT2D eigenvalue weighted by atomic mass is 28.4. The van der Waals surface area contributed by atoms with Crippen molar-refractivity contribution in [2.75, 3.05) is 26.4 Å². The first-order valence-corrected chi connectivity index (χ1v) is 26.3. The Morgan fingerprint density at radius 3 is 1.91 bits per heavy atom. The summed E-state index contributed by atoms with van der Waals surface area (Å²) in [5.41, 5.74) is 3.20. The first kappa shape index (κ1) is 43.6. The number of fused-ring (bicyclic) bond motifs is 5. The van der Waals surface area contributed by atoms with Crippen LogP contribution in [-0.4, -0.2) is 58.5 Å². The number of hydrogen-bond donors (Lipinski definition) is 1. The lowest BCUT2D eigenvalue weighted by atomic mass is 9.55. The van der Waals surface area contributed by atoms with Gasteiger partial charge in [-0.05, 0) is 166 Å². The molecule has 2 aliphatic heterocycles. The highest BCUT2D eigenvalue weighted by Gasteiger charge is 2.62. The molecule has 2 saturated carbocycles. The van der Waals surface area contributed by atoms with E-state index < -0.39 is 8.32 Å². The fourth-order valence-corrected chi connectivity index (χ4v) is 12.3. The smallest absolute Gasteiger partial charge is 0.250 e. The van der Waals surface area contributed by atoms with E-state index in [2.05, 4.69) is 59.0 Å². The molecule has 5 aliphatic rings. The number of rotatable bonds is 20. The Balaban J connectivity index is 1.04. The molecular formula is C48H82O6Si. The van der Waals surface area contributed by atoms with Gasteiger partial charge in [0.25, 0.3) is 0 Å². The van der Waals surface area contributed by atoms with Gasteiger partial charge in [0, 0.05) is 26.4 Å². The monoisotopic (exact) mass is 783 g/mol. The molecule has 2 unspecified atom stereocenters. The van der Waals surface area contributed by atoms with Gasteiger partial charge >= 0.3 is 0 Å². The highest BCUT2D eigenvalue weighted by molar-refractivity contribution is 6.74. The van der Waals surface area contributed by atoms with Gasteiger partial charge in [-0.25, -0.2) is 0 Å². The summed E-state index contributed by atoms with van der Waals surface area (Å²) in [4.78, 5) is 0. The van der Waals surface area contributed by atoms with Crippen LogP contribution < -0.4 is 4.43 Å². The van der Waals surface area contributed by atoms with Crippen molar-refractivity contribution in [2.24, 2.45) is 22.7 Å². The van der Waals surface area contributed by atoms with Crippen LogP contribution in [0.25, 0.3) is 0 Å². The van der Waals surface area contributed by atoms with E-state index in [-0.39, 0.29) is 34.6 Å². The number of aliphatic hydroxyl groups excluding tert-OH is 1. The van der Waals surface area contributed by atoms with E-state index in [1.165, 1.54) is 115 Å². The second-order valence-corrected chi connectivity index (χ2v) is 25.2. The molecule has 2 saturated heterocycles. The predicted octanol–water partition coefficient (Wildman–Crippen LogP) is 12.7. The van der Waals surface area contributed by atoms with Gasteiger partial charge in [-0.1, -0.05) is 85.1 Å². The van der Waals surface area contributed by atoms with Gasteiger partial charge in [0.15, 0.2) is 12.6 Å². The van der Waals surface area contributed by atoms with Gasteiger partial charge < -0.3 is 28.5 Å². The van der Waals surface area contributed by atoms with E-state index in [1.54, 1.807) is 5.56 Å². The molecule has 7 atom stereocenters. The lowest BCUT2D eigenvalue weighted by Gasteiger charge is -2.50. The van der Waals surface area contributed by atoms with Crippen molar-refractivity contribution in [2.45, 2.75) is 218 Å². The summed E-state index contributed by atoms with van der Waals surface area (Å²) in [7, 11) is -1.88. The number of ether oxygens (including phenoxy) is 4. The fraction of sp³-hybridized carbons (Fsp3) is 0.875. The Morgan fingerprint density at radius 1 is 0.764 bits per heavy atom. The Labute approximate surface area is 338 Å². The van der Waals surface area contributed by atoms with Gasteiger partial charge in [-0.2, -0.15) is 0 Å². The minimum Gasteiger partial charge on any atom is -0.543 e. The van der Waals surface area contributed by atoms with Crippen molar-refractivity contribution in [1.82, 2.24) is 0 Å². The number of aliphatic hydroxyl groups is 1. The number of hydrogen-bond acceptors (Lipinski definition) is 6. The molecule has 314 valence electrons. The van der Waals surface area contributed by atoms with E-state index in [0.29, 0.717) is 17.8 Å². The molecule has 55 heavy (non-hydrogen) atoms. The van der Waals surface area contributed by atoms with Crippen molar-refractivity contribution in [1.29, 1.82) is 0 Å². The van der Waals surface area contributed by atoms with Crippen molar-refractivity contribution in [3.05, 3.63) is 29.3 Å². The van der Waals surface area contributed by atoms with E-state index in [1.807, 2.05) is 0 Å². The van der Waals surface area contributed by atoms with Crippen LogP contribution in [0.2, 0.25) is 18.1 Å². The quantitative estimate of drug-likeness (QED) is 0.105. The topological polar surface area (TPSA) is 66.4 Å². The van der Waals surface area contributed by atoms with Gasteiger partial charge in [-0.15, -0.1) is 0 Å². The SMILES string of the molecule is CC(C)(C)[Si](C)(C)Oc1ccc2c(c1)CC[C@@H]1[C@@H]2CC[C@@]2(C)[C@H]1CC(CCCCCCCOC1CCCCO1)(CCCCCCCOC1CCCCO1)[C@@H]2O. The molecule has 7 heteroatoms. The van der Waals surface area contributed by atoms with E-state index in [0.717, 1.165) is 70.7 Å². The summed E-state index contributed by atoms with van der Waals surface area (Å²) < 4.78 is 30.3. The molecule has 0 radical (unpaired) electrons. The van der Waals surface area contributed by atoms with Gasteiger partial charge in [0.2, 0.25) is 8.32 Å². The highest BCUT2D eigenvalue weighted by Crippen LogP contribution is 2.67. The molecule has 1 N–H and O–H groups in total. The van der Waals surface area contributed by atoms with Crippen molar-refractivity contribution in [3.8, 4) is 5.75 Å². The number of benzene rings is 1. The zero-order chi connectivity index (χ0) is 38.9. The number of aryl methyl sites for hydroxylation is 1. The molecule has 0 aromatic heterocycles.